The molecule has 0 heterocycles. The summed E-state index contributed by atoms with van der Waals surface area (Å²) >= 11 is 0. The summed E-state index contributed by atoms with van der Waals surface area (Å²) in [5, 5.41) is 4.88. The molecule has 0 spiro atoms. The van der Waals surface area contributed by atoms with Gasteiger partial charge < -0.3 is 16.4 Å². The summed E-state index contributed by atoms with van der Waals surface area (Å²) in [7, 11) is 0. The van der Waals surface area contributed by atoms with Gasteiger partial charge in [0.15, 0.2) is 0 Å². The Labute approximate surface area is 105 Å². The Morgan fingerprint density at radius 1 is 1.39 bits per heavy atom. The fourth-order valence-corrected chi connectivity index (χ4v) is 1.15. The molecule has 1 aromatic rings. The van der Waals surface area contributed by atoms with E-state index < -0.39 is 17.7 Å². The maximum Gasteiger partial charge on any atom is 0.319 e. The molecule has 1 rings (SSSR count). The Bertz CT molecular complexity index is 435. The average Bonchev–Trinajstić information content (AvgIpc) is 2.30. The predicted molar refractivity (Wildman–Crippen MR) is 66.2 cm³/mol. The van der Waals surface area contributed by atoms with Gasteiger partial charge in [-0.25, -0.2) is 13.6 Å². The SMILES string of the molecule is CC(C)(CN)CNC(=O)Nc1ccc(F)cc1F. The molecule has 18 heavy (non-hydrogen) atoms. The van der Waals surface area contributed by atoms with Crippen molar-refractivity contribution in [2.45, 2.75) is 13.8 Å². The van der Waals surface area contributed by atoms with Gasteiger partial charge in [-0.15, -0.1) is 0 Å². The Morgan fingerprint density at radius 2 is 2.06 bits per heavy atom. The molecular weight excluding hydrogens is 240 g/mol. The van der Waals surface area contributed by atoms with E-state index in [2.05, 4.69) is 10.6 Å². The molecule has 4 nitrogen and oxygen atoms in total. The van der Waals surface area contributed by atoms with Crippen LogP contribution in [0.2, 0.25) is 0 Å². The fraction of sp³-hybridized carbons (Fsp3) is 0.417. The van der Waals surface area contributed by atoms with E-state index in [1.54, 1.807) is 0 Å². The van der Waals surface area contributed by atoms with Crippen LogP contribution in [0.5, 0.6) is 0 Å². The van der Waals surface area contributed by atoms with Crippen LogP contribution in [-0.2, 0) is 0 Å². The highest BCUT2D eigenvalue weighted by atomic mass is 19.1. The lowest BCUT2D eigenvalue weighted by Crippen LogP contribution is -2.40. The van der Waals surface area contributed by atoms with E-state index in [4.69, 9.17) is 5.73 Å². The molecule has 0 saturated heterocycles. The minimum absolute atomic E-state index is 0.0699. The van der Waals surface area contributed by atoms with E-state index in [-0.39, 0.29) is 11.1 Å². The largest absolute Gasteiger partial charge is 0.337 e. The van der Waals surface area contributed by atoms with Gasteiger partial charge in [-0.1, -0.05) is 13.8 Å². The molecule has 0 radical (unpaired) electrons. The highest BCUT2D eigenvalue weighted by Gasteiger charge is 2.17. The Morgan fingerprint density at radius 3 is 2.61 bits per heavy atom. The lowest BCUT2D eigenvalue weighted by atomic mass is 9.94. The number of anilines is 1. The third-order valence-electron chi connectivity index (χ3n) is 2.46. The number of amides is 2. The van der Waals surface area contributed by atoms with Crippen molar-refractivity contribution < 1.29 is 13.6 Å². The number of hydrogen-bond donors (Lipinski definition) is 3. The van der Waals surface area contributed by atoms with Gasteiger partial charge in [0.05, 0.1) is 5.69 Å². The second kappa shape index (κ2) is 5.77. The molecule has 0 aliphatic carbocycles. The molecule has 0 atom stereocenters. The zero-order valence-electron chi connectivity index (χ0n) is 10.4. The summed E-state index contributed by atoms with van der Waals surface area (Å²) in [6.07, 6.45) is 0. The van der Waals surface area contributed by atoms with Crippen LogP contribution in [-0.4, -0.2) is 19.1 Å². The summed E-state index contributed by atoms with van der Waals surface area (Å²) in [5.41, 5.74) is 5.21. The van der Waals surface area contributed by atoms with Crippen LogP contribution in [0.1, 0.15) is 13.8 Å². The quantitative estimate of drug-likeness (QED) is 0.773. The number of nitrogens with one attached hydrogen (secondary N) is 2. The maximum atomic E-state index is 13.2. The van der Waals surface area contributed by atoms with Crippen LogP contribution in [0.4, 0.5) is 19.3 Å². The molecule has 0 unspecified atom stereocenters. The minimum atomic E-state index is -0.816. The normalized spacial score (nSPS) is 11.2. The number of halogens is 2. The first-order chi connectivity index (χ1) is 8.34. The van der Waals surface area contributed by atoms with Gasteiger partial charge in [-0.3, -0.25) is 0 Å². The van der Waals surface area contributed by atoms with Crippen LogP contribution in [0.3, 0.4) is 0 Å². The molecule has 6 heteroatoms. The van der Waals surface area contributed by atoms with Gasteiger partial charge in [0.25, 0.3) is 0 Å². The van der Waals surface area contributed by atoms with E-state index in [9.17, 15) is 13.6 Å². The van der Waals surface area contributed by atoms with Crippen LogP contribution in [0, 0.1) is 17.0 Å². The molecule has 0 saturated carbocycles. The second-order valence-corrected chi connectivity index (χ2v) is 4.80. The summed E-state index contributed by atoms with van der Waals surface area (Å²) in [6.45, 7) is 4.56. The Kier molecular flexibility index (Phi) is 4.61. The zero-order chi connectivity index (χ0) is 13.8. The summed E-state index contributed by atoms with van der Waals surface area (Å²) in [4.78, 5) is 11.5. The van der Waals surface area contributed by atoms with Crippen molar-refractivity contribution in [1.29, 1.82) is 0 Å². The topological polar surface area (TPSA) is 67.1 Å². The van der Waals surface area contributed by atoms with Crippen LogP contribution < -0.4 is 16.4 Å². The van der Waals surface area contributed by atoms with Crippen LogP contribution >= 0.6 is 0 Å². The van der Waals surface area contributed by atoms with Crippen molar-refractivity contribution in [2.75, 3.05) is 18.4 Å². The van der Waals surface area contributed by atoms with E-state index >= 15 is 0 Å². The van der Waals surface area contributed by atoms with Crippen LogP contribution in [0.25, 0.3) is 0 Å². The maximum absolute atomic E-state index is 13.2. The molecule has 0 aliphatic rings. The van der Waals surface area contributed by atoms with Gasteiger partial charge in [0, 0.05) is 12.6 Å². The number of carbonyl (C=O) groups excluding carboxylic acids is 1. The van der Waals surface area contributed by atoms with E-state index in [1.165, 1.54) is 6.07 Å². The van der Waals surface area contributed by atoms with Gasteiger partial charge in [-0.05, 0) is 24.1 Å². The first-order valence-corrected chi connectivity index (χ1v) is 5.54. The molecule has 1 aromatic carbocycles. The standard InChI is InChI=1S/C12H17F2N3O/c1-12(2,6-15)7-16-11(18)17-10-4-3-8(13)5-9(10)14/h3-5H,6-7,15H2,1-2H3,(H2,16,17,18). The van der Waals surface area contributed by atoms with Crippen molar-refractivity contribution in [1.82, 2.24) is 5.32 Å². The van der Waals surface area contributed by atoms with Gasteiger partial charge in [-0.2, -0.15) is 0 Å². The predicted octanol–water partition coefficient (Wildman–Crippen LogP) is 2.07. The van der Waals surface area contributed by atoms with Crippen molar-refractivity contribution in [3.05, 3.63) is 29.8 Å². The molecule has 100 valence electrons. The van der Waals surface area contributed by atoms with Crippen molar-refractivity contribution in [3.63, 3.8) is 0 Å². The monoisotopic (exact) mass is 257 g/mol. The fourth-order valence-electron chi connectivity index (χ4n) is 1.15. The van der Waals surface area contributed by atoms with Crippen molar-refractivity contribution >= 4 is 11.7 Å². The third-order valence-corrected chi connectivity index (χ3v) is 2.46. The number of hydrogen-bond acceptors (Lipinski definition) is 2. The third kappa shape index (κ3) is 4.29. The molecule has 0 fully saturated rings. The van der Waals surface area contributed by atoms with E-state index in [0.29, 0.717) is 19.2 Å². The molecule has 4 N–H and O–H groups in total. The second-order valence-electron chi connectivity index (χ2n) is 4.80. The lowest BCUT2D eigenvalue weighted by molar-refractivity contribution is 0.245. The molecular formula is C12H17F2N3O. The van der Waals surface area contributed by atoms with Gasteiger partial charge in [0.1, 0.15) is 11.6 Å². The number of benzene rings is 1. The highest BCUT2D eigenvalue weighted by molar-refractivity contribution is 5.89. The summed E-state index contributed by atoms with van der Waals surface area (Å²) < 4.78 is 25.9. The lowest BCUT2D eigenvalue weighted by Gasteiger charge is -2.22. The first kappa shape index (κ1) is 14.4. The zero-order valence-corrected chi connectivity index (χ0v) is 10.4. The molecule has 0 bridgehead atoms. The van der Waals surface area contributed by atoms with Gasteiger partial charge in [0.2, 0.25) is 0 Å². The van der Waals surface area contributed by atoms with Gasteiger partial charge >= 0.3 is 6.03 Å². The molecule has 0 aromatic heterocycles. The first-order valence-electron chi connectivity index (χ1n) is 5.54. The highest BCUT2D eigenvalue weighted by Crippen LogP contribution is 2.15. The number of nitrogens with two attached hydrogens (primary N) is 1. The van der Waals surface area contributed by atoms with Crippen molar-refractivity contribution in [2.24, 2.45) is 11.1 Å². The van der Waals surface area contributed by atoms with E-state index in [1.807, 2.05) is 13.8 Å². The number of rotatable bonds is 4. The molecule has 0 aliphatic heterocycles. The summed E-state index contributed by atoms with van der Waals surface area (Å²) in [5.74, 6) is -1.51. The number of carbonyl (C=O) groups is 1. The Balaban J connectivity index is 2.55. The smallest absolute Gasteiger partial charge is 0.319 e. The molecule has 2 amide bonds. The van der Waals surface area contributed by atoms with Crippen molar-refractivity contribution in [3.8, 4) is 0 Å². The van der Waals surface area contributed by atoms with Crippen LogP contribution in [0.15, 0.2) is 18.2 Å². The number of urea groups is 1. The van der Waals surface area contributed by atoms with E-state index in [0.717, 1.165) is 6.07 Å². The minimum Gasteiger partial charge on any atom is -0.337 e. The Hall–Kier alpha value is -1.69. The average molecular weight is 257 g/mol. The summed E-state index contributed by atoms with van der Waals surface area (Å²) in [6, 6.07) is 2.39.